The molecule has 3 unspecified atom stereocenters. The number of aryl methyl sites for hydroxylation is 1. The molecule has 17 heavy (non-hydrogen) atoms. The fourth-order valence-corrected chi connectivity index (χ4v) is 3.81. The first-order chi connectivity index (χ1) is 8.24. The van der Waals surface area contributed by atoms with E-state index in [0.29, 0.717) is 5.25 Å². The van der Waals surface area contributed by atoms with Gasteiger partial charge in [0.25, 0.3) is 0 Å². The lowest BCUT2D eigenvalue weighted by Gasteiger charge is -2.31. The van der Waals surface area contributed by atoms with Crippen molar-refractivity contribution in [2.24, 2.45) is 18.9 Å². The second-order valence-corrected chi connectivity index (χ2v) is 6.01. The summed E-state index contributed by atoms with van der Waals surface area (Å²) in [5.41, 5.74) is 0. The maximum absolute atomic E-state index is 9.23. The molecular formula is C13H19N3S. The molecule has 1 fully saturated rings. The summed E-state index contributed by atoms with van der Waals surface area (Å²) in [7, 11) is 2.01. The fraction of sp³-hybridized carbons (Fsp3) is 0.692. The molecule has 92 valence electrons. The van der Waals surface area contributed by atoms with E-state index in [1.165, 1.54) is 12.8 Å². The van der Waals surface area contributed by atoms with E-state index in [4.69, 9.17) is 0 Å². The van der Waals surface area contributed by atoms with E-state index in [1.807, 2.05) is 24.0 Å². The van der Waals surface area contributed by atoms with Crippen molar-refractivity contribution in [3.63, 3.8) is 0 Å². The molecule has 0 N–H and O–H groups in total. The van der Waals surface area contributed by atoms with Gasteiger partial charge in [-0.15, -0.1) is 0 Å². The topological polar surface area (TPSA) is 41.6 Å². The first kappa shape index (κ1) is 12.5. The Bertz CT molecular complexity index is 407. The summed E-state index contributed by atoms with van der Waals surface area (Å²) in [6.45, 7) is 2.25. The minimum Gasteiger partial charge on any atom is -0.329 e. The van der Waals surface area contributed by atoms with Gasteiger partial charge in [-0.2, -0.15) is 5.26 Å². The highest BCUT2D eigenvalue weighted by atomic mass is 32.2. The second kappa shape index (κ2) is 5.59. The van der Waals surface area contributed by atoms with Crippen LogP contribution in [0.15, 0.2) is 17.6 Å². The lowest BCUT2D eigenvalue weighted by atomic mass is 9.81. The van der Waals surface area contributed by atoms with Gasteiger partial charge in [0.05, 0.1) is 12.0 Å². The molecule has 1 saturated carbocycles. The maximum atomic E-state index is 9.23. The molecule has 1 aliphatic carbocycles. The van der Waals surface area contributed by atoms with E-state index in [2.05, 4.69) is 18.0 Å². The van der Waals surface area contributed by atoms with Gasteiger partial charge in [-0.25, -0.2) is 4.98 Å². The van der Waals surface area contributed by atoms with E-state index < -0.39 is 0 Å². The van der Waals surface area contributed by atoms with Crippen LogP contribution in [0.4, 0.5) is 0 Å². The van der Waals surface area contributed by atoms with E-state index in [0.717, 1.165) is 23.9 Å². The highest BCUT2D eigenvalue weighted by Gasteiger charge is 2.31. The average molecular weight is 249 g/mol. The minimum atomic E-state index is 0.194. The number of imidazole rings is 1. The molecule has 3 atom stereocenters. The summed E-state index contributed by atoms with van der Waals surface area (Å²) in [4.78, 5) is 4.35. The summed E-state index contributed by atoms with van der Waals surface area (Å²) in [6.07, 6.45) is 8.44. The molecule has 0 bridgehead atoms. The van der Waals surface area contributed by atoms with Crippen molar-refractivity contribution in [1.82, 2.24) is 9.55 Å². The summed E-state index contributed by atoms with van der Waals surface area (Å²) < 4.78 is 2.04. The molecule has 4 heteroatoms. The normalized spacial score (nSPS) is 28.9. The molecule has 3 nitrogen and oxygen atoms in total. The Morgan fingerprint density at radius 3 is 3.00 bits per heavy atom. The molecule has 0 spiro atoms. The van der Waals surface area contributed by atoms with Gasteiger partial charge in [-0.3, -0.25) is 0 Å². The predicted molar refractivity (Wildman–Crippen MR) is 69.6 cm³/mol. The third-order valence-corrected chi connectivity index (χ3v) is 5.11. The lowest BCUT2D eigenvalue weighted by Crippen LogP contribution is -2.26. The Hall–Kier alpha value is -0.950. The zero-order valence-electron chi connectivity index (χ0n) is 10.5. The molecule has 0 saturated heterocycles. The number of hydrogen-bond acceptors (Lipinski definition) is 3. The van der Waals surface area contributed by atoms with E-state index >= 15 is 0 Å². The van der Waals surface area contributed by atoms with Crippen molar-refractivity contribution in [2.75, 3.05) is 0 Å². The Kier molecular flexibility index (Phi) is 4.11. The number of hydrogen-bond donors (Lipinski definition) is 0. The molecule has 0 aromatic carbocycles. The van der Waals surface area contributed by atoms with Crippen LogP contribution >= 0.6 is 11.8 Å². The van der Waals surface area contributed by atoms with Crippen LogP contribution in [0.25, 0.3) is 0 Å². The van der Waals surface area contributed by atoms with Crippen molar-refractivity contribution in [3.8, 4) is 6.07 Å². The standard InChI is InChI=1S/C13H19N3S/c1-3-10-4-5-11(9-14)12(8-10)17-13-15-6-7-16(13)2/h6-7,10-12H,3-5,8H2,1-2H3. The Balaban J connectivity index is 2.06. The third-order valence-electron chi connectivity index (χ3n) is 3.68. The monoisotopic (exact) mass is 249 g/mol. The van der Waals surface area contributed by atoms with Gasteiger partial charge in [-0.05, 0) is 25.2 Å². The maximum Gasteiger partial charge on any atom is 0.167 e. The molecule has 1 aliphatic rings. The summed E-state index contributed by atoms with van der Waals surface area (Å²) in [5.74, 6) is 0.983. The number of aromatic nitrogens is 2. The molecule has 2 rings (SSSR count). The van der Waals surface area contributed by atoms with Gasteiger partial charge >= 0.3 is 0 Å². The first-order valence-corrected chi connectivity index (χ1v) is 7.16. The highest BCUT2D eigenvalue weighted by molar-refractivity contribution is 7.99. The SMILES string of the molecule is CCC1CCC(C#N)C(Sc2nccn2C)C1. The van der Waals surface area contributed by atoms with E-state index in [-0.39, 0.29) is 5.92 Å². The molecule has 1 aromatic rings. The summed E-state index contributed by atoms with van der Waals surface area (Å²) >= 11 is 1.78. The largest absolute Gasteiger partial charge is 0.329 e. The zero-order chi connectivity index (χ0) is 12.3. The van der Waals surface area contributed by atoms with Crippen LogP contribution in [-0.2, 0) is 7.05 Å². The van der Waals surface area contributed by atoms with Crippen molar-refractivity contribution in [2.45, 2.75) is 43.0 Å². The smallest absolute Gasteiger partial charge is 0.167 e. The molecule has 1 heterocycles. The van der Waals surface area contributed by atoms with Crippen molar-refractivity contribution < 1.29 is 0 Å². The molecule has 0 aliphatic heterocycles. The Labute approximate surface area is 107 Å². The molecule has 1 aromatic heterocycles. The van der Waals surface area contributed by atoms with Crippen LogP contribution in [0.1, 0.15) is 32.6 Å². The summed E-state index contributed by atoms with van der Waals surface area (Å²) in [6, 6.07) is 2.47. The predicted octanol–water partition coefficient (Wildman–Crippen LogP) is 3.23. The van der Waals surface area contributed by atoms with Crippen LogP contribution in [0.3, 0.4) is 0 Å². The fourth-order valence-electron chi connectivity index (χ4n) is 2.46. The van der Waals surface area contributed by atoms with Crippen molar-refractivity contribution >= 4 is 11.8 Å². The van der Waals surface area contributed by atoms with E-state index in [1.54, 1.807) is 11.8 Å². The third kappa shape index (κ3) is 2.84. The van der Waals surface area contributed by atoms with Gasteiger partial charge in [0.15, 0.2) is 5.16 Å². The van der Waals surface area contributed by atoms with Crippen LogP contribution in [0.5, 0.6) is 0 Å². The Morgan fingerprint density at radius 2 is 2.41 bits per heavy atom. The first-order valence-electron chi connectivity index (χ1n) is 6.28. The van der Waals surface area contributed by atoms with Crippen LogP contribution < -0.4 is 0 Å². The zero-order valence-corrected chi connectivity index (χ0v) is 11.3. The minimum absolute atomic E-state index is 0.194. The Morgan fingerprint density at radius 1 is 1.59 bits per heavy atom. The number of nitrogens with zero attached hydrogens (tertiary/aromatic N) is 3. The quantitative estimate of drug-likeness (QED) is 0.826. The van der Waals surface area contributed by atoms with Gasteiger partial charge in [0.2, 0.25) is 0 Å². The average Bonchev–Trinajstić information content (AvgIpc) is 2.75. The number of thioether (sulfide) groups is 1. The van der Waals surface area contributed by atoms with Crippen LogP contribution in [-0.4, -0.2) is 14.8 Å². The second-order valence-electron chi connectivity index (χ2n) is 4.80. The number of nitriles is 1. The van der Waals surface area contributed by atoms with Gasteiger partial charge in [-0.1, -0.05) is 25.1 Å². The van der Waals surface area contributed by atoms with Gasteiger partial charge in [0.1, 0.15) is 0 Å². The van der Waals surface area contributed by atoms with Gasteiger partial charge in [0, 0.05) is 24.7 Å². The molecular weight excluding hydrogens is 230 g/mol. The van der Waals surface area contributed by atoms with Crippen LogP contribution in [0, 0.1) is 23.2 Å². The molecule has 0 amide bonds. The lowest BCUT2D eigenvalue weighted by molar-refractivity contribution is 0.316. The van der Waals surface area contributed by atoms with Crippen LogP contribution in [0.2, 0.25) is 0 Å². The summed E-state index contributed by atoms with van der Waals surface area (Å²) in [5, 5.41) is 10.7. The van der Waals surface area contributed by atoms with Gasteiger partial charge < -0.3 is 4.57 Å². The van der Waals surface area contributed by atoms with Crippen molar-refractivity contribution in [1.29, 1.82) is 5.26 Å². The highest BCUT2D eigenvalue weighted by Crippen LogP contribution is 2.39. The van der Waals surface area contributed by atoms with E-state index in [9.17, 15) is 5.26 Å². The number of rotatable bonds is 3. The molecule has 0 radical (unpaired) electrons. The van der Waals surface area contributed by atoms with Crippen molar-refractivity contribution in [3.05, 3.63) is 12.4 Å².